The van der Waals surface area contributed by atoms with Crippen molar-refractivity contribution in [2.75, 3.05) is 33.0 Å². The maximum Gasteiger partial charge on any atom is 0.306 e. The second-order valence-corrected chi connectivity index (χ2v) is 23.3. The molecule has 482 valence electrons. The molecule has 2 saturated heterocycles. The van der Waals surface area contributed by atoms with E-state index in [-0.39, 0.29) is 25.6 Å². The molecule has 0 aromatic carbocycles. The lowest BCUT2D eigenvalue weighted by Crippen LogP contribution is -2.61. The first-order chi connectivity index (χ1) is 40.6. The molecule has 2 heterocycles. The maximum atomic E-state index is 13.1. The lowest BCUT2D eigenvalue weighted by Gasteiger charge is -2.42. The second-order valence-electron chi connectivity index (χ2n) is 23.3. The third kappa shape index (κ3) is 40.5. The van der Waals surface area contributed by atoms with Gasteiger partial charge in [0.15, 0.2) is 12.6 Å². The van der Waals surface area contributed by atoms with Gasteiger partial charge in [-0.05, 0) is 83.5 Å². The van der Waals surface area contributed by atoms with Crippen LogP contribution < -0.4 is 0 Å². The van der Waals surface area contributed by atoms with Crippen LogP contribution >= 0.6 is 0 Å². The fourth-order valence-corrected chi connectivity index (χ4v) is 10.4. The number of carbonyl (C=O) groups excluding carboxylic acids is 1. The molecule has 14 heteroatoms. The molecule has 0 amide bonds. The normalized spacial score (nSPS) is 23.9. The van der Waals surface area contributed by atoms with Crippen LogP contribution in [0.2, 0.25) is 0 Å². The van der Waals surface area contributed by atoms with E-state index >= 15 is 0 Å². The van der Waals surface area contributed by atoms with Crippen LogP contribution in [0.4, 0.5) is 0 Å². The smallest absolute Gasteiger partial charge is 0.306 e. The van der Waals surface area contributed by atoms with E-state index in [1.807, 2.05) is 0 Å². The third-order valence-corrected chi connectivity index (χ3v) is 15.7. The highest BCUT2D eigenvalue weighted by Crippen LogP contribution is 2.27. The number of aliphatic hydroxyl groups is 7. The summed E-state index contributed by atoms with van der Waals surface area (Å²) in [4.78, 5) is 13.1. The van der Waals surface area contributed by atoms with Crippen molar-refractivity contribution in [2.45, 2.75) is 325 Å². The number of hydrogen-bond acceptors (Lipinski definition) is 14. The SMILES string of the molecule is CC/C=C\C/C=C\C/C=C\C/C=C\C/C=C\CCCCCCCCCCCC(=O)OC(COCCCCCCCCCCCCCC/C=C\CCCCCCCCCC)COC1OC(COC2OC(CO)C(O)C(O)C2O)C(O)C(O)C1O. The van der Waals surface area contributed by atoms with Gasteiger partial charge in [0.05, 0.1) is 26.4 Å². The molecular formula is C69H122O14. The fourth-order valence-electron chi connectivity index (χ4n) is 10.4. The van der Waals surface area contributed by atoms with Crippen LogP contribution in [0.3, 0.4) is 0 Å². The van der Waals surface area contributed by atoms with Gasteiger partial charge in [-0.2, -0.15) is 0 Å². The predicted octanol–water partition coefficient (Wildman–Crippen LogP) is 13.8. The summed E-state index contributed by atoms with van der Waals surface area (Å²) in [6, 6.07) is 0. The topological polar surface area (TPSA) is 214 Å². The van der Waals surface area contributed by atoms with Crippen LogP contribution in [-0.2, 0) is 33.2 Å². The van der Waals surface area contributed by atoms with Gasteiger partial charge in [0.25, 0.3) is 0 Å². The van der Waals surface area contributed by atoms with Gasteiger partial charge in [-0.1, -0.05) is 241 Å². The molecule has 0 aliphatic carbocycles. The molecule has 2 rings (SSSR count). The number of aliphatic hydroxyl groups excluding tert-OH is 7. The third-order valence-electron chi connectivity index (χ3n) is 15.7. The Labute approximate surface area is 504 Å². The standard InChI is InChI=1S/C69H122O14/c1-3-5-7-9-11-13-15-17-19-21-23-25-27-29-30-32-34-36-38-40-42-44-46-48-50-52-61(71)81-58(56-79-68-67(77)65(75)63(73)60(83-68)57-80-69-66(76)64(74)62(72)59(54-70)82-69)55-78-53-51-49-47-45-43-41-39-37-35-33-31-28-26-24-22-20-18-16-14-12-10-8-6-4-2/h5,7,11,13,17,19,22-25,29-30,58-60,62-70,72-77H,3-4,6,8-10,12,14-16,18,20-21,26-28,31-57H2,1-2H3/b7-5-,13-11-,19-17-,24-22-,25-23-,30-29-. The lowest BCUT2D eigenvalue weighted by molar-refractivity contribution is -0.332. The van der Waals surface area contributed by atoms with Crippen LogP contribution in [0.15, 0.2) is 72.9 Å². The van der Waals surface area contributed by atoms with Gasteiger partial charge in [0, 0.05) is 13.0 Å². The first-order valence-electron chi connectivity index (χ1n) is 33.5. The summed E-state index contributed by atoms with van der Waals surface area (Å²) in [7, 11) is 0. The van der Waals surface area contributed by atoms with Crippen LogP contribution in [0.25, 0.3) is 0 Å². The zero-order valence-electron chi connectivity index (χ0n) is 52.2. The molecule has 11 atom stereocenters. The van der Waals surface area contributed by atoms with Crippen LogP contribution in [0.1, 0.15) is 258 Å². The van der Waals surface area contributed by atoms with E-state index in [9.17, 15) is 40.5 Å². The number of esters is 1. The van der Waals surface area contributed by atoms with Gasteiger partial charge in [-0.25, -0.2) is 0 Å². The first kappa shape index (κ1) is 76.5. The molecule has 0 aromatic heterocycles. The Morgan fingerprint density at radius 1 is 0.410 bits per heavy atom. The van der Waals surface area contributed by atoms with Gasteiger partial charge in [0.1, 0.15) is 54.9 Å². The Morgan fingerprint density at radius 2 is 0.783 bits per heavy atom. The molecule has 0 saturated carbocycles. The number of unbranched alkanes of at least 4 members (excludes halogenated alkanes) is 29. The average Bonchev–Trinajstić information content (AvgIpc) is 3.67. The molecule has 2 fully saturated rings. The Morgan fingerprint density at radius 3 is 1.24 bits per heavy atom. The van der Waals surface area contributed by atoms with Gasteiger partial charge >= 0.3 is 5.97 Å². The molecule has 83 heavy (non-hydrogen) atoms. The highest BCUT2D eigenvalue weighted by atomic mass is 16.7. The summed E-state index contributed by atoms with van der Waals surface area (Å²) in [5, 5.41) is 72.6. The minimum absolute atomic E-state index is 0.0573. The summed E-state index contributed by atoms with van der Waals surface area (Å²) in [6.07, 6.45) is 55.4. The van der Waals surface area contributed by atoms with Crippen molar-refractivity contribution in [3.05, 3.63) is 72.9 Å². The maximum absolute atomic E-state index is 13.1. The summed E-state index contributed by atoms with van der Waals surface area (Å²) in [5.41, 5.74) is 0. The molecule has 0 spiro atoms. The number of allylic oxidation sites excluding steroid dienone is 12. The van der Waals surface area contributed by atoms with Crippen molar-refractivity contribution in [2.24, 2.45) is 0 Å². The Hall–Kier alpha value is -2.57. The van der Waals surface area contributed by atoms with Crippen LogP contribution in [-0.4, -0.2) is 142 Å². The number of ether oxygens (including phenoxy) is 6. The van der Waals surface area contributed by atoms with Crippen molar-refractivity contribution in [3.8, 4) is 0 Å². The van der Waals surface area contributed by atoms with Gasteiger partial charge in [-0.3, -0.25) is 4.79 Å². The van der Waals surface area contributed by atoms with Crippen molar-refractivity contribution in [1.29, 1.82) is 0 Å². The molecule has 2 aliphatic heterocycles. The van der Waals surface area contributed by atoms with Crippen molar-refractivity contribution < 1.29 is 69.0 Å². The molecule has 2 aliphatic rings. The van der Waals surface area contributed by atoms with E-state index in [1.165, 1.54) is 154 Å². The van der Waals surface area contributed by atoms with Gasteiger partial charge in [0.2, 0.25) is 0 Å². The zero-order chi connectivity index (χ0) is 60.1. The average molecular weight is 1180 g/mol. The molecule has 0 aromatic rings. The summed E-state index contributed by atoms with van der Waals surface area (Å²) >= 11 is 0. The summed E-state index contributed by atoms with van der Waals surface area (Å²) in [5.74, 6) is -0.381. The monoisotopic (exact) mass is 1170 g/mol. The summed E-state index contributed by atoms with van der Waals surface area (Å²) < 4.78 is 34.5. The van der Waals surface area contributed by atoms with Crippen LogP contribution in [0.5, 0.6) is 0 Å². The largest absolute Gasteiger partial charge is 0.457 e. The van der Waals surface area contributed by atoms with E-state index in [0.29, 0.717) is 13.0 Å². The molecule has 0 bridgehead atoms. The fraction of sp³-hybridized carbons (Fsp3) is 0.812. The molecule has 7 N–H and O–H groups in total. The molecule has 11 unspecified atom stereocenters. The van der Waals surface area contributed by atoms with Crippen molar-refractivity contribution in [1.82, 2.24) is 0 Å². The zero-order valence-corrected chi connectivity index (χ0v) is 52.2. The van der Waals surface area contributed by atoms with E-state index < -0.39 is 80.7 Å². The minimum Gasteiger partial charge on any atom is -0.457 e. The van der Waals surface area contributed by atoms with Crippen molar-refractivity contribution in [3.63, 3.8) is 0 Å². The Balaban J connectivity index is 1.66. The molecule has 0 radical (unpaired) electrons. The first-order valence-corrected chi connectivity index (χ1v) is 33.5. The molecule has 14 nitrogen and oxygen atoms in total. The van der Waals surface area contributed by atoms with E-state index in [2.05, 4.69) is 86.8 Å². The second kappa shape index (κ2) is 54.8. The Bertz CT molecular complexity index is 1650. The number of hydrogen-bond donors (Lipinski definition) is 7. The lowest BCUT2D eigenvalue weighted by atomic mass is 9.98. The van der Waals surface area contributed by atoms with E-state index in [0.717, 1.165) is 77.0 Å². The predicted molar refractivity (Wildman–Crippen MR) is 335 cm³/mol. The highest BCUT2D eigenvalue weighted by molar-refractivity contribution is 5.69. The van der Waals surface area contributed by atoms with Crippen molar-refractivity contribution >= 4 is 5.97 Å². The van der Waals surface area contributed by atoms with Gasteiger partial charge in [-0.15, -0.1) is 0 Å². The minimum atomic E-state index is -1.71. The Kier molecular flexibility index (Phi) is 50.5. The molecular weight excluding hydrogens is 1050 g/mol. The highest BCUT2D eigenvalue weighted by Gasteiger charge is 2.47. The van der Waals surface area contributed by atoms with Gasteiger partial charge < -0.3 is 64.2 Å². The number of rotatable bonds is 55. The number of carbonyl (C=O) groups is 1. The quantitative estimate of drug-likeness (QED) is 0.0171. The van der Waals surface area contributed by atoms with Crippen LogP contribution in [0, 0.1) is 0 Å². The summed E-state index contributed by atoms with van der Waals surface area (Å²) in [6.45, 7) is 3.60. The van der Waals surface area contributed by atoms with E-state index in [4.69, 9.17) is 28.4 Å². The van der Waals surface area contributed by atoms with E-state index in [1.54, 1.807) is 0 Å².